The monoisotopic (exact) mass is 466 g/mol. The number of rotatable bonds is 5. The Bertz CT molecular complexity index is 1340. The van der Waals surface area contributed by atoms with Gasteiger partial charge in [-0.1, -0.05) is 13.0 Å². The van der Waals surface area contributed by atoms with E-state index in [1.807, 2.05) is 0 Å². The van der Waals surface area contributed by atoms with Gasteiger partial charge in [-0.15, -0.1) is 0 Å². The summed E-state index contributed by atoms with van der Waals surface area (Å²) in [5.41, 5.74) is 1.49. The van der Waals surface area contributed by atoms with Gasteiger partial charge in [0.15, 0.2) is 5.58 Å². The molecule has 0 bridgehead atoms. The molecule has 2 unspecified atom stereocenters. The summed E-state index contributed by atoms with van der Waals surface area (Å²) in [6, 6.07) is 7.42. The van der Waals surface area contributed by atoms with Crippen LogP contribution >= 0.6 is 0 Å². The highest BCUT2D eigenvalue weighted by Crippen LogP contribution is 2.29. The van der Waals surface area contributed by atoms with Gasteiger partial charge in [0.2, 0.25) is 0 Å². The molecule has 2 atom stereocenters. The summed E-state index contributed by atoms with van der Waals surface area (Å²) in [6.07, 6.45) is 4.70. The predicted octanol–water partition coefficient (Wildman–Crippen LogP) is 4.35. The molecule has 3 heterocycles. The van der Waals surface area contributed by atoms with Crippen molar-refractivity contribution in [3.8, 4) is 5.69 Å². The van der Waals surface area contributed by atoms with Crippen LogP contribution in [0.4, 0.5) is 14.8 Å². The lowest BCUT2D eigenvalue weighted by Gasteiger charge is -2.40. The number of amides is 1. The van der Waals surface area contributed by atoms with Crippen molar-refractivity contribution < 1.29 is 18.0 Å². The van der Waals surface area contributed by atoms with Gasteiger partial charge >= 0.3 is 0 Å². The zero-order valence-corrected chi connectivity index (χ0v) is 18.8. The van der Waals surface area contributed by atoms with Gasteiger partial charge in [-0.05, 0) is 49.4 Å². The standard InChI is InChI=1S/C24H24F2N6O2/c1-14-4-3-11-31(19(14)13-27-24-30-17-7-6-16(25)12-20(17)34-24)23(33)21-18(32-28-9-10-29-32)8-5-15(2)22(21)26/h5-10,12,14,19H,3-4,11,13H2,1-2H3,(H,27,30). The zero-order chi connectivity index (χ0) is 23.8. The number of oxazole rings is 1. The number of halogens is 2. The molecule has 0 saturated carbocycles. The van der Waals surface area contributed by atoms with Crippen molar-refractivity contribution >= 4 is 23.0 Å². The quantitative estimate of drug-likeness (QED) is 0.471. The molecular formula is C24H24F2N6O2. The largest absolute Gasteiger partial charge is 0.423 e. The second-order valence-corrected chi connectivity index (χ2v) is 8.61. The van der Waals surface area contributed by atoms with Crippen LogP contribution < -0.4 is 5.32 Å². The number of nitrogens with one attached hydrogen (secondary N) is 1. The van der Waals surface area contributed by atoms with Gasteiger partial charge in [-0.3, -0.25) is 4.79 Å². The summed E-state index contributed by atoms with van der Waals surface area (Å²) in [7, 11) is 0. The lowest BCUT2D eigenvalue weighted by molar-refractivity contribution is 0.0534. The molecule has 1 saturated heterocycles. The molecule has 5 rings (SSSR count). The maximum atomic E-state index is 15.3. The molecular weight excluding hydrogens is 442 g/mol. The average Bonchev–Trinajstić information content (AvgIpc) is 3.49. The number of likely N-dealkylation sites (tertiary alicyclic amines) is 1. The SMILES string of the molecule is Cc1ccc(-n2nccn2)c(C(=O)N2CCCC(C)C2CNc2nc3ccc(F)cc3o2)c1F. The van der Waals surface area contributed by atoms with Crippen LogP contribution in [-0.4, -0.2) is 49.9 Å². The summed E-state index contributed by atoms with van der Waals surface area (Å²) < 4.78 is 34.4. The minimum atomic E-state index is -0.578. The number of nitrogens with zero attached hydrogens (tertiary/aromatic N) is 5. The van der Waals surface area contributed by atoms with E-state index in [-0.39, 0.29) is 23.5 Å². The summed E-state index contributed by atoms with van der Waals surface area (Å²) in [5.74, 6) is -1.24. The molecule has 1 N–H and O–H groups in total. The fraction of sp³-hybridized carbons (Fsp3) is 0.333. The maximum Gasteiger partial charge on any atom is 0.295 e. The second-order valence-electron chi connectivity index (χ2n) is 8.61. The third kappa shape index (κ3) is 4.00. The van der Waals surface area contributed by atoms with Crippen molar-refractivity contribution in [2.45, 2.75) is 32.7 Å². The molecule has 1 amide bonds. The van der Waals surface area contributed by atoms with Crippen LogP contribution in [0, 0.1) is 24.5 Å². The van der Waals surface area contributed by atoms with Gasteiger partial charge in [-0.25, -0.2) is 8.78 Å². The Morgan fingerprint density at radius 2 is 2.00 bits per heavy atom. The van der Waals surface area contributed by atoms with Crippen molar-refractivity contribution in [1.29, 1.82) is 0 Å². The Labute approximate surface area is 194 Å². The molecule has 1 aliphatic rings. The number of carbonyl (C=O) groups excluding carboxylic acids is 1. The first kappa shape index (κ1) is 22.0. The average molecular weight is 466 g/mol. The van der Waals surface area contributed by atoms with Crippen LogP contribution in [0.3, 0.4) is 0 Å². The van der Waals surface area contributed by atoms with Crippen LogP contribution in [-0.2, 0) is 0 Å². The number of aryl methyl sites for hydroxylation is 1. The number of piperidine rings is 1. The van der Waals surface area contributed by atoms with Crippen molar-refractivity contribution in [2.24, 2.45) is 5.92 Å². The first-order chi connectivity index (χ1) is 16.4. The third-order valence-corrected chi connectivity index (χ3v) is 6.35. The number of hydrogen-bond acceptors (Lipinski definition) is 6. The Hall–Kier alpha value is -3.82. The molecule has 2 aromatic heterocycles. The highest BCUT2D eigenvalue weighted by atomic mass is 19.1. The topological polar surface area (TPSA) is 89.1 Å². The van der Waals surface area contributed by atoms with Crippen molar-refractivity contribution in [1.82, 2.24) is 24.9 Å². The zero-order valence-electron chi connectivity index (χ0n) is 18.8. The Kier molecular flexibility index (Phi) is 5.72. The molecule has 34 heavy (non-hydrogen) atoms. The molecule has 176 valence electrons. The van der Waals surface area contributed by atoms with Gasteiger partial charge in [0.1, 0.15) is 28.4 Å². The van der Waals surface area contributed by atoms with Gasteiger partial charge in [0.25, 0.3) is 11.9 Å². The third-order valence-electron chi connectivity index (χ3n) is 6.35. The second kappa shape index (κ2) is 8.85. The number of anilines is 1. The summed E-state index contributed by atoms with van der Waals surface area (Å²) in [6.45, 7) is 4.54. The van der Waals surface area contributed by atoms with E-state index in [9.17, 15) is 9.18 Å². The number of fused-ring (bicyclic) bond motifs is 1. The normalized spacial score (nSPS) is 18.4. The van der Waals surface area contributed by atoms with E-state index in [0.29, 0.717) is 35.4 Å². The van der Waals surface area contributed by atoms with Crippen molar-refractivity contribution in [2.75, 3.05) is 18.4 Å². The Morgan fingerprint density at radius 1 is 1.21 bits per heavy atom. The lowest BCUT2D eigenvalue weighted by atomic mass is 9.89. The fourth-order valence-electron chi connectivity index (χ4n) is 4.50. The highest BCUT2D eigenvalue weighted by molar-refractivity contribution is 5.98. The van der Waals surface area contributed by atoms with E-state index < -0.39 is 17.5 Å². The number of hydrogen-bond donors (Lipinski definition) is 1. The minimum absolute atomic E-state index is 0.0485. The minimum Gasteiger partial charge on any atom is -0.423 e. The molecule has 1 aliphatic heterocycles. The molecule has 0 radical (unpaired) electrons. The van der Waals surface area contributed by atoms with E-state index in [2.05, 4.69) is 27.4 Å². The number of carbonyl (C=O) groups is 1. The van der Waals surface area contributed by atoms with Crippen LogP contribution in [0.25, 0.3) is 16.8 Å². The Balaban J connectivity index is 1.44. The Morgan fingerprint density at radius 3 is 2.79 bits per heavy atom. The van der Waals surface area contributed by atoms with E-state index in [1.54, 1.807) is 30.0 Å². The molecule has 1 fully saturated rings. The molecule has 0 aliphatic carbocycles. The van der Waals surface area contributed by atoms with E-state index in [4.69, 9.17) is 4.42 Å². The van der Waals surface area contributed by atoms with Gasteiger partial charge in [0, 0.05) is 19.2 Å². The fourth-order valence-corrected chi connectivity index (χ4v) is 4.50. The van der Waals surface area contributed by atoms with Crippen LogP contribution in [0.5, 0.6) is 0 Å². The summed E-state index contributed by atoms with van der Waals surface area (Å²) >= 11 is 0. The van der Waals surface area contributed by atoms with E-state index >= 15 is 4.39 Å². The number of benzene rings is 2. The molecule has 4 aromatic rings. The molecule has 2 aromatic carbocycles. The lowest BCUT2D eigenvalue weighted by Crippen LogP contribution is -2.51. The van der Waals surface area contributed by atoms with E-state index in [0.717, 1.165) is 12.8 Å². The highest BCUT2D eigenvalue weighted by Gasteiger charge is 2.35. The van der Waals surface area contributed by atoms with Crippen LogP contribution in [0.1, 0.15) is 35.7 Å². The molecule has 0 spiro atoms. The van der Waals surface area contributed by atoms with Crippen molar-refractivity contribution in [3.63, 3.8) is 0 Å². The van der Waals surface area contributed by atoms with Crippen molar-refractivity contribution in [3.05, 3.63) is 65.5 Å². The van der Waals surface area contributed by atoms with Gasteiger partial charge < -0.3 is 14.6 Å². The van der Waals surface area contributed by atoms with Gasteiger partial charge in [-0.2, -0.15) is 20.0 Å². The first-order valence-corrected chi connectivity index (χ1v) is 11.2. The molecule has 8 nitrogen and oxygen atoms in total. The van der Waals surface area contributed by atoms with Crippen LogP contribution in [0.15, 0.2) is 47.1 Å². The first-order valence-electron chi connectivity index (χ1n) is 11.2. The smallest absolute Gasteiger partial charge is 0.295 e. The number of aromatic nitrogens is 4. The van der Waals surface area contributed by atoms with Crippen LogP contribution in [0.2, 0.25) is 0 Å². The maximum absolute atomic E-state index is 15.3. The van der Waals surface area contributed by atoms with Gasteiger partial charge in [0.05, 0.1) is 18.4 Å². The summed E-state index contributed by atoms with van der Waals surface area (Å²) in [4.78, 5) is 21.0. The predicted molar refractivity (Wildman–Crippen MR) is 122 cm³/mol. The summed E-state index contributed by atoms with van der Waals surface area (Å²) in [5, 5.41) is 11.3. The van der Waals surface area contributed by atoms with E-state index in [1.165, 1.54) is 29.3 Å². The molecule has 10 heteroatoms.